The van der Waals surface area contributed by atoms with Crippen molar-refractivity contribution in [1.82, 2.24) is 20.1 Å². The Bertz CT molecular complexity index is 1140. The van der Waals surface area contributed by atoms with Gasteiger partial charge in [-0.15, -0.1) is 11.3 Å². The molecule has 0 aliphatic heterocycles. The van der Waals surface area contributed by atoms with Gasteiger partial charge in [-0.1, -0.05) is 24.3 Å². The van der Waals surface area contributed by atoms with E-state index in [0.29, 0.717) is 18.0 Å². The van der Waals surface area contributed by atoms with Crippen LogP contribution in [-0.4, -0.2) is 20.7 Å². The molecule has 140 valence electrons. The number of benzene rings is 1. The number of pyridine rings is 1. The molecule has 4 aromatic rings. The summed E-state index contributed by atoms with van der Waals surface area (Å²) in [5.41, 5.74) is 4.18. The van der Waals surface area contributed by atoms with Crippen LogP contribution in [0.25, 0.3) is 16.7 Å². The Morgan fingerprint density at radius 3 is 2.75 bits per heavy atom. The summed E-state index contributed by atoms with van der Waals surface area (Å²) in [6, 6.07) is 16.0. The number of hydrogen-bond acceptors (Lipinski definition) is 4. The van der Waals surface area contributed by atoms with Crippen molar-refractivity contribution in [2.45, 2.75) is 32.2 Å². The number of fused-ring (bicyclic) bond motifs is 1. The number of nitrogens with one attached hydrogen (secondary N) is 1. The van der Waals surface area contributed by atoms with Gasteiger partial charge in [-0.05, 0) is 49.4 Å². The van der Waals surface area contributed by atoms with Gasteiger partial charge in [-0.2, -0.15) is 5.10 Å². The zero-order chi connectivity index (χ0) is 19.1. The van der Waals surface area contributed by atoms with Crippen molar-refractivity contribution >= 4 is 28.3 Å². The summed E-state index contributed by atoms with van der Waals surface area (Å²) in [5.74, 6) is 0.381. The van der Waals surface area contributed by atoms with Gasteiger partial charge in [-0.25, -0.2) is 9.67 Å². The third kappa shape index (κ3) is 3.10. The SMILES string of the molecule is Cc1nn(-c2ccccc2)c2nc(C3CC3)cc(C(=O)NCc3cccs3)c12. The molecule has 1 fully saturated rings. The summed E-state index contributed by atoms with van der Waals surface area (Å²) in [5, 5.41) is 10.6. The first-order valence-corrected chi connectivity index (χ1v) is 10.3. The topological polar surface area (TPSA) is 59.8 Å². The van der Waals surface area contributed by atoms with E-state index >= 15 is 0 Å². The largest absolute Gasteiger partial charge is 0.347 e. The van der Waals surface area contributed by atoms with Gasteiger partial charge in [0.05, 0.1) is 28.9 Å². The van der Waals surface area contributed by atoms with E-state index in [1.165, 1.54) is 0 Å². The first-order valence-electron chi connectivity index (χ1n) is 9.47. The lowest BCUT2D eigenvalue weighted by Gasteiger charge is -2.09. The lowest BCUT2D eigenvalue weighted by Crippen LogP contribution is -2.23. The normalized spacial score (nSPS) is 13.8. The Kier molecular flexibility index (Phi) is 4.20. The highest BCUT2D eigenvalue weighted by molar-refractivity contribution is 7.09. The van der Waals surface area contributed by atoms with E-state index in [0.717, 1.165) is 45.8 Å². The molecule has 0 spiro atoms. The van der Waals surface area contributed by atoms with Crippen molar-refractivity contribution in [3.63, 3.8) is 0 Å². The summed E-state index contributed by atoms with van der Waals surface area (Å²) in [4.78, 5) is 19.1. The zero-order valence-electron chi connectivity index (χ0n) is 15.6. The van der Waals surface area contributed by atoms with E-state index in [1.807, 2.05) is 65.5 Å². The number of nitrogens with zero attached hydrogens (tertiary/aromatic N) is 3. The summed E-state index contributed by atoms with van der Waals surface area (Å²) < 4.78 is 1.85. The Morgan fingerprint density at radius 2 is 2.04 bits per heavy atom. The number of amides is 1. The molecule has 3 heterocycles. The molecular formula is C22H20N4OS. The number of para-hydroxylation sites is 1. The van der Waals surface area contributed by atoms with E-state index in [9.17, 15) is 4.79 Å². The highest BCUT2D eigenvalue weighted by Gasteiger charge is 2.29. The molecule has 0 radical (unpaired) electrons. The molecule has 0 atom stereocenters. The van der Waals surface area contributed by atoms with Crippen LogP contribution in [0.4, 0.5) is 0 Å². The highest BCUT2D eigenvalue weighted by Crippen LogP contribution is 2.40. The molecule has 0 unspecified atom stereocenters. The third-order valence-electron chi connectivity index (χ3n) is 5.08. The van der Waals surface area contributed by atoms with Crippen molar-refractivity contribution in [3.05, 3.63) is 75.7 Å². The molecule has 0 bridgehead atoms. The monoisotopic (exact) mass is 388 g/mol. The van der Waals surface area contributed by atoms with E-state index in [2.05, 4.69) is 5.32 Å². The van der Waals surface area contributed by atoms with Crippen molar-refractivity contribution in [2.75, 3.05) is 0 Å². The number of rotatable bonds is 5. The van der Waals surface area contributed by atoms with Crippen LogP contribution in [0.15, 0.2) is 53.9 Å². The van der Waals surface area contributed by atoms with Gasteiger partial charge in [-0.3, -0.25) is 4.79 Å². The molecule has 5 rings (SSSR count). The van der Waals surface area contributed by atoms with Gasteiger partial charge >= 0.3 is 0 Å². The van der Waals surface area contributed by atoms with Crippen LogP contribution in [0, 0.1) is 6.92 Å². The molecule has 0 saturated heterocycles. The summed E-state index contributed by atoms with van der Waals surface area (Å²) in [7, 11) is 0. The smallest absolute Gasteiger partial charge is 0.252 e. The number of thiophene rings is 1. The van der Waals surface area contributed by atoms with Crippen molar-refractivity contribution in [2.24, 2.45) is 0 Å². The molecule has 1 aliphatic rings. The van der Waals surface area contributed by atoms with Gasteiger partial charge in [0.25, 0.3) is 5.91 Å². The predicted octanol–water partition coefficient (Wildman–Crippen LogP) is 4.60. The highest BCUT2D eigenvalue weighted by atomic mass is 32.1. The molecule has 1 saturated carbocycles. The molecule has 1 aromatic carbocycles. The van der Waals surface area contributed by atoms with Gasteiger partial charge in [0.2, 0.25) is 0 Å². The van der Waals surface area contributed by atoms with Crippen LogP contribution in [0.2, 0.25) is 0 Å². The van der Waals surface area contributed by atoms with Crippen LogP contribution in [0.5, 0.6) is 0 Å². The molecular weight excluding hydrogens is 368 g/mol. The lowest BCUT2D eigenvalue weighted by atomic mass is 10.1. The first kappa shape index (κ1) is 17.1. The van der Waals surface area contributed by atoms with Crippen molar-refractivity contribution in [3.8, 4) is 5.69 Å². The van der Waals surface area contributed by atoms with E-state index in [4.69, 9.17) is 10.1 Å². The Morgan fingerprint density at radius 1 is 1.21 bits per heavy atom. The summed E-state index contributed by atoms with van der Waals surface area (Å²) >= 11 is 1.64. The van der Waals surface area contributed by atoms with E-state index in [1.54, 1.807) is 11.3 Å². The Labute approximate surface area is 167 Å². The third-order valence-corrected chi connectivity index (χ3v) is 5.95. The zero-order valence-corrected chi connectivity index (χ0v) is 16.4. The van der Waals surface area contributed by atoms with Crippen LogP contribution in [0.3, 0.4) is 0 Å². The van der Waals surface area contributed by atoms with Crippen molar-refractivity contribution < 1.29 is 4.79 Å². The molecule has 1 amide bonds. The minimum absolute atomic E-state index is 0.0709. The van der Waals surface area contributed by atoms with Crippen LogP contribution in [-0.2, 0) is 6.54 Å². The second kappa shape index (κ2) is 6.87. The maximum Gasteiger partial charge on any atom is 0.252 e. The molecule has 1 N–H and O–H groups in total. The molecule has 1 aliphatic carbocycles. The predicted molar refractivity (Wildman–Crippen MR) is 111 cm³/mol. The molecule has 3 aromatic heterocycles. The van der Waals surface area contributed by atoms with Gasteiger partial charge < -0.3 is 5.32 Å². The Balaban J connectivity index is 1.61. The summed E-state index contributed by atoms with van der Waals surface area (Å²) in [6.07, 6.45) is 2.26. The number of carbonyl (C=O) groups is 1. The average molecular weight is 388 g/mol. The van der Waals surface area contributed by atoms with Gasteiger partial charge in [0, 0.05) is 16.5 Å². The second-order valence-electron chi connectivity index (χ2n) is 7.16. The summed E-state index contributed by atoms with van der Waals surface area (Å²) in [6.45, 7) is 2.47. The quantitative estimate of drug-likeness (QED) is 0.544. The van der Waals surface area contributed by atoms with Gasteiger partial charge in [0.15, 0.2) is 5.65 Å². The fourth-order valence-electron chi connectivity index (χ4n) is 3.50. The number of aryl methyl sites for hydroxylation is 1. The van der Waals surface area contributed by atoms with Crippen LogP contribution in [0.1, 0.15) is 45.4 Å². The van der Waals surface area contributed by atoms with E-state index in [-0.39, 0.29) is 5.91 Å². The standard InChI is InChI=1S/C22H20N4OS/c1-14-20-18(22(27)23-13-17-8-5-11-28-17)12-19(15-9-10-15)24-21(20)26(25-14)16-6-3-2-4-7-16/h2-8,11-12,15H,9-10,13H2,1H3,(H,23,27). The maximum absolute atomic E-state index is 13.1. The minimum atomic E-state index is -0.0709. The minimum Gasteiger partial charge on any atom is -0.347 e. The molecule has 5 nitrogen and oxygen atoms in total. The fourth-order valence-corrected chi connectivity index (χ4v) is 4.15. The van der Waals surface area contributed by atoms with Crippen LogP contribution >= 0.6 is 11.3 Å². The lowest BCUT2D eigenvalue weighted by molar-refractivity contribution is 0.0952. The Hall–Kier alpha value is -2.99. The van der Waals surface area contributed by atoms with Crippen molar-refractivity contribution in [1.29, 1.82) is 0 Å². The first-order chi connectivity index (χ1) is 13.7. The fraction of sp³-hybridized carbons (Fsp3) is 0.227. The molecule has 28 heavy (non-hydrogen) atoms. The maximum atomic E-state index is 13.1. The number of carbonyl (C=O) groups excluding carboxylic acids is 1. The second-order valence-corrected chi connectivity index (χ2v) is 8.19. The number of hydrogen-bond donors (Lipinski definition) is 1. The molecule has 6 heteroatoms. The number of aromatic nitrogens is 3. The van der Waals surface area contributed by atoms with E-state index < -0.39 is 0 Å². The average Bonchev–Trinajstić information content (AvgIpc) is 3.34. The van der Waals surface area contributed by atoms with Gasteiger partial charge in [0.1, 0.15) is 0 Å². The van der Waals surface area contributed by atoms with Crippen LogP contribution < -0.4 is 5.32 Å².